The molecule has 2 heteroatoms. The van der Waals surface area contributed by atoms with Crippen LogP contribution in [0.15, 0.2) is 18.2 Å². The Labute approximate surface area is 110 Å². The van der Waals surface area contributed by atoms with Gasteiger partial charge in [0.25, 0.3) is 0 Å². The molecule has 1 aliphatic rings. The summed E-state index contributed by atoms with van der Waals surface area (Å²) in [6, 6.07) is 6.75. The number of halogens is 1. The summed E-state index contributed by atoms with van der Waals surface area (Å²) in [7, 11) is 2.04. The summed E-state index contributed by atoms with van der Waals surface area (Å²) in [5, 5.41) is 4.36. The zero-order chi connectivity index (χ0) is 12.3. The SMILES string of the molecule is CNC(CC1CCCC1)c1cccc(C)c1Cl. The molecule has 94 valence electrons. The minimum atomic E-state index is 0.408. The van der Waals surface area contributed by atoms with Gasteiger partial charge in [-0.1, -0.05) is 55.5 Å². The first-order chi connectivity index (χ1) is 8.22. The van der Waals surface area contributed by atoms with Crippen LogP contribution in [0.2, 0.25) is 5.02 Å². The average molecular weight is 252 g/mol. The van der Waals surface area contributed by atoms with Crippen molar-refractivity contribution < 1.29 is 0 Å². The number of hydrogen-bond acceptors (Lipinski definition) is 1. The van der Waals surface area contributed by atoms with E-state index in [4.69, 9.17) is 11.6 Å². The molecule has 17 heavy (non-hydrogen) atoms. The Hall–Kier alpha value is -0.530. The van der Waals surface area contributed by atoms with E-state index in [0.29, 0.717) is 6.04 Å². The predicted octanol–water partition coefficient (Wildman–Crippen LogP) is 4.49. The standard InChI is InChI=1S/C15H22ClN/c1-11-6-5-9-13(15(11)16)14(17-2)10-12-7-3-4-8-12/h5-6,9,12,14,17H,3-4,7-8,10H2,1-2H3. The third-order valence-corrected chi connectivity index (χ3v) is 4.51. The van der Waals surface area contributed by atoms with Crippen molar-refractivity contribution >= 4 is 11.6 Å². The summed E-state index contributed by atoms with van der Waals surface area (Å²) < 4.78 is 0. The fourth-order valence-corrected chi connectivity index (χ4v) is 3.18. The van der Waals surface area contributed by atoms with Gasteiger partial charge in [0, 0.05) is 11.1 Å². The van der Waals surface area contributed by atoms with Crippen LogP contribution < -0.4 is 5.32 Å². The molecule has 1 aromatic carbocycles. The molecule has 1 atom stereocenters. The highest BCUT2D eigenvalue weighted by Crippen LogP contribution is 2.35. The van der Waals surface area contributed by atoms with Crippen molar-refractivity contribution in [3.05, 3.63) is 34.3 Å². The van der Waals surface area contributed by atoms with Crippen LogP contribution in [0, 0.1) is 12.8 Å². The molecule has 1 aromatic rings. The lowest BCUT2D eigenvalue weighted by atomic mass is 9.93. The van der Waals surface area contributed by atoms with E-state index in [1.54, 1.807) is 0 Å². The van der Waals surface area contributed by atoms with Crippen molar-refractivity contribution in [2.24, 2.45) is 5.92 Å². The van der Waals surface area contributed by atoms with E-state index < -0.39 is 0 Å². The molecule has 1 fully saturated rings. The van der Waals surface area contributed by atoms with E-state index in [-0.39, 0.29) is 0 Å². The molecule has 1 N–H and O–H groups in total. The summed E-state index contributed by atoms with van der Waals surface area (Å²) in [5.74, 6) is 0.879. The summed E-state index contributed by atoms with van der Waals surface area (Å²) in [6.45, 7) is 2.08. The summed E-state index contributed by atoms with van der Waals surface area (Å²) in [5.41, 5.74) is 2.44. The zero-order valence-corrected chi connectivity index (χ0v) is 11.6. The molecule has 1 nitrogen and oxygen atoms in total. The molecule has 2 rings (SSSR count). The van der Waals surface area contributed by atoms with Crippen molar-refractivity contribution in [3.63, 3.8) is 0 Å². The second-order valence-corrected chi connectivity index (χ2v) is 5.58. The third kappa shape index (κ3) is 3.02. The van der Waals surface area contributed by atoms with Gasteiger partial charge in [-0.05, 0) is 37.4 Å². The Bertz CT molecular complexity index is 369. The lowest BCUT2D eigenvalue weighted by Crippen LogP contribution is -2.19. The molecule has 0 aromatic heterocycles. The van der Waals surface area contributed by atoms with Crippen molar-refractivity contribution in [3.8, 4) is 0 Å². The highest BCUT2D eigenvalue weighted by Gasteiger charge is 2.21. The van der Waals surface area contributed by atoms with E-state index >= 15 is 0 Å². The molecule has 0 bridgehead atoms. The second-order valence-electron chi connectivity index (χ2n) is 5.21. The summed E-state index contributed by atoms with van der Waals surface area (Å²) in [4.78, 5) is 0. The van der Waals surface area contributed by atoms with Crippen molar-refractivity contribution in [1.29, 1.82) is 0 Å². The van der Waals surface area contributed by atoms with Gasteiger partial charge in [0.2, 0.25) is 0 Å². The smallest absolute Gasteiger partial charge is 0.0482 e. The first-order valence-corrected chi connectivity index (χ1v) is 7.02. The Balaban J connectivity index is 2.13. The first-order valence-electron chi connectivity index (χ1n) is 6.64. The van der Waals surface area contributed by atoms with Crippen molar-refractivity contribution in [2.75, 3.05) is 7.05 Å². The van der Waals surface area contributed by atoms with Crippen LogP contribution >= 0.6 is 11.6 Å². The van der Waals surface area contributed by atoms with Gasteiger partial charge in [0.1, 0.15) is 0 Å². The van der Waals surface area contributed by atoms with Gasteiger partial charge in [-0.2, -0.15) is 0 Å². The van der Waals surface area contributed by atoms with Gasteiger partial charge in [-0.15, -0.1) is 0 Å². The fourth-order valence-electron chi connectivity index (χ4n) is 2.92. The summed E-state index contributed by atoms with van der Waals surface area (Å²) in [6.07, 6.45) is 6.81. The van der Waals surface area contributed by atoms with Gasteiger partial charge in [0.05, 0.1) is 0 Å². The van der Waals surface area contributed by atoms with Crippen LogP contribution in [0.5, 0.6) is 0 Å². The topological polar surface area (TPSA) is 12.0 Å². The highest BCUT2D eigenvalue weighted by molar-refractivity contribution is 6.32. The third-order valence-electron chi connectivity index (χ3n) is 3.99. The maximum absolute atomic E-state index is 6.41. The average Bonchev–Trinajstić information content (AvgIpc) is 2.83. The van der Waals surface area contributed by atoms with Crippen LogP contribution in [0.4, 0.5) is 0 Å². The maximum atomic E-state index is 6.41. The van der Waals surface area contributed by atoms with E-state index in [1.807, 2.05) is 7.05 Å². The van der Waals surface area contributed by atoms with Crippen molar-refractivity contribution in [1.82, 2.24) is 5.32 Å². The van der Waals surface area contributed by atoms with Crippen LogP contribution in [0.25, 0.3) is 0 Å². The van der Waals surface area contributed by atoms with Gasteiger partial charge in [-0.3, -0.25) is 0 Å². The van der Waals surface area contributed by atoms with E-state index in [1.165, 1.54) is 43.2 Å². The summed E-state index contributed by atoms with van der Waals surface area (Å²) >= 11 is 6.41. The number of aryl methyl sites for hydroxylation is 1. The highest BCUT2D eigenvalue weighted by atomic mass is 35.5. The molecule has 0 heterocycles. The molecule has 0 aliphatic heterocycles. The van der Waals surface area contributed by atoms with E-state index in [9.17, 15) is 0 Å². The molecule has 0 amide bonds. The fraction of sp³-hybridized carbons (Fsp3) is 0.600. The van der Waals surface area contributed by atoms with Crippen LogP contribution in [0.3, 0.4) is 0 Å². The molecule has 1 aliphatic carbocycles. The quantitative estimate of drug-likeness (QED) is 0.832. The zero-order valence-electron chi connectivity index (χ0n) is 10.8. The molecule has 0 spiro atoms. The number of hydrogen-bond donors (Lipinski definition) is 1. The normalized spacial score (nSPS) is 18.5. The minimum absolute atomic E-state index is 0.408. The Morgan fingerprint density at radius 2 is 2.06 bits per heavy atom. The maximum Gasteiger partial charge on any atom is 0.0482 e. The lowest BCUT2D eigenvalue weighted by molar-refractivity contribution is 0.413. The molecule has 0 saturated heterocycles. The van der Waals surface area contributed by atoms with Crippen molar-refractivity contribution in [2.45, 2.75) is 45.1 Å². The molecule has 1 unspecified atom stereocenters. The Morgan fingerprint density at radius 3 is 2.71 bits per heavy atom. The minimum Gasteiger partial charge on any atom is -0.313 e. The van der Waals surface area contributed by atoms with Crippen LogP contribution in [-0.2, 0) is 0 Å². The molecule has 0 radical (unpaired) electrons. The lowest BCUT2D eigenvalue weighted by Gasteiger charge is -2.22. The second kappa shape index (κ2) is 5.88. The monoisotopic (exact) mass is 251 g/mol. The first kappa shape index (κ1) is 12.9. The molecular weight excluding hydrogens is 230 g/mol. The van der Waals surface area contributed by atoms with Crippen LogP contribution in [0.1, 0.15) is 49.3 Å². The van der Waals surface area contributed by atoms with E-state index in [2.05, 4.69) is 30.4 Å². The van der Waals surface area contributed by atoms with Crippen LogP contribution in [-0.4, -0.2) is 7.05 Å². The number of rotatable bonds is 4. The Morgan fingerprint density at radius 1 is 1.35 bits per heavy atom. The number of nitrogens with one attached hydrogen (secondary N) is 1. The molecular formula is C15H22ClN. The Kier molecular flexibility index (Phi) is 4.47. The van der Waals surface area contributed by atoms with Gasteiger partial charge >= 0.3 is 0 Å². The van der Waals surface area contributed by atoms with Gasteiger partial charge in [0.15, 0.2) is 0 Å². The predicted molar refractivity (Wildman–Crippen MR) is 74.6 cm³/mol. The molecule has 1 saturated carbocycles. The van der Waals surface area contributed by atoms with Gasteiger partial charge in [-0.25, -0.2) is 0 Å². The van der Waals surface area contributed by atoms with Gasteiger partial charge < -0.3 is 5.32 Å². The largest absolute Gasteiger partial charge is 0.313 e. The van der Waals surface area contributed by atoms with E-state index in [0.717, 1.165) is 10.9 Å². The number of benzene rings is 1.